The molecule has 0 aliphatic carbocycles. The molecule has 0 aliphatic heterocycles. The van der Waals surface area contributed by atoms with Crippen LogP contribution in [0.25, 0.3) is 11.1 Å². The molecule has 0 fully saturated rings. The van der Waals surface area contributed by atoms with Crippen molar-refractivity contribution in [2.45, 2.75) is 6.92 Å². The maximum atomic E-state index is 11.6. The zero-order valence-corrected chi connectivity index (χ0v) is 10.7. The Kier molecular flexibility index (Phi) is 3.70. The second kappa shape index (κ2) is 5.43. The van der Waals surface area contributed by atoms with E-state index in [1.807, 2.05) is 6.92 Å². The van der Waals surface area contributed by atoms with Gasteiger partial charge in [-0.15, -0.1) is 0 Å². The zero-order chi connectivity index (χ0) is 13.8. The number of hydrogen-bond acceptors (Lipinski definition) is 6. The summed E-state index contributed by atoms with van der Waals surface area (Å²) in [5.41, 5.74) is 6.89. The van der Waals surface area contributed by atoms with Crippen molar-refractivity contribution < 1.29 is 18.8 Å². The van der Waals surface area contributed by atoms with E-state index in [2.05, 4.69) is 9.89 Å². The van der Waals surface area contributed by atoms with Crippen molar-refractivity contribution in [3.05, 3.63) is 30.0 Å². The molecule has 1 aromatic heterocycles. The number of benzene rings is 1. The SMILES string of the molecule is CCOc1ccc(-c2c(C(=O)OC)noc2N)cc1. The lowest BCUT2D eigenvalue weighted by Crippen LogP contribution is -2.03. The molecule has 0 aliphatic rings. The van der Waals surface area contributed by atoms with E-state index in [1.165, 1.54) is 7.11 Å². The van der Waals surface area contributed by atoms with E-state index in [4.69, 9.17) is 15.0 Å². The summed E-state index contributed by atoms with van der Waals surface area (Å²) < 4.78 is 14.8. The van der Waals surface area contributed by atoms with Gasteiger partial charge in [0.1, 0.15) is 5.75 Å². The topological polar surface area (TPSA) is 87.6 Å². The van der Waals surface area contributed by atoms with E-state index < -0.39 is 5.97 Å². The average molecular weight is 262 g/mol. The molecule has 2 rings (SSSR count). The molecule has 19 heavy (non-hydrogen) atoms. The molecule has 100 valence electrons. The largest absolute Gasteiger partial charge is 0.494 e. The minimum absolute atomic E-state index is 0.0594. The van der Waals surface area contributed by atoms with Crippen LogP contribution in [-0.4, -0.2) is 24.8 Å². The molecule has 2 N–H and O–H groups in total. The van der Waals surface area contributed by atoms with Crippen molar-refractivity contribution in [2.75, 3.05) is 19.5 Å². The highest BCUT2D eigenvalue weighted by atomic mass is 16.5. The molecule has 0 bridgehead atoms. The van der Waals surface area contributed by atoms with Crippen LogP contribution < -0.4 is 10.5 Å². The molecule has 6 nitrogen and oxygen atoms in total. The summed E-state index contributed by atoms with van der Waals surface area (Å²) in [6.45, 7) is 2.49. The lowest BCUT2D eigenvalue weighted by molar-refractivity contribution is 0.0590. The van der Waals surface area contributed by atoms with Gasteiger partial charge in [-0.25, -0.2) is 4.79 Å². The van der Waals surface area contributed by atoms with E-state index in [0.29, 0.717) is 17.7 Å². The molecule has 2 aromatic rings. The maximum Gasteiger partial charge on any atom is 0.361 e. The highest BCUT2D eigenvalue weighted by molar-refractivity contribution is 5.97. The lowest BCUT2D eigenvalue weighted by Gasteiger charge is -2.05. The van der Waals surface area contributed by atoms with Gasteiger partial charge in [0.15, 0.2) is 0 Å². The minimum atomic E-state index is -0.593. The number of aromatic nitrogens is 1. The first kappa shape index (κ1) is 12.9. The Labute approximate surface area is 110 Å². The normalized spacial score (nSPS) is 10.2. The number of methoxy groups -OCH3 is 1. The third-order valence-corrected chi connectivity index (χ3v) is 2.55. The predicted octanol–water partition coefficient (Wildman–Crippen LogP) is 2.11. The van der Waals surface area contributed by atoms with E-state index >= 15 is 0 Å². The fraction of sp³-hybridized carbons (Fsp3) is 0.231. The van der Waals surface area contributed by atoms with Crippen LogP contribution in [0.15, 0.2) is 28.8 Å². The molecule has 6 heteroatoms. The Balaban J connectivity index is 2.40. The Morgan fingerprint density at radius 3 is 2.63 bits per heavy atom. The van der Waals surface area contributed by atoms with Crippen LogP contribution in [-0.2, 0) is 4.74 Å². The number of nitrogens with zero attached hydrogens (tertiary/aromatic N) is 1. The van der Waals surface area contributed by atoms with Crippen molar-refractivity contribution in [2.24, 2.45) is 0 Å². The average Bonchev–Trinajstić information content (AvgIpc) is 2.81. The van der Waals surface area contributed by atoms with Gasteiger partial charge in [-0.3, -0.25) is 0 Å². The number of nitrogen functional groups attached to an aromatic ring is 1. The van der Waals surface area contributed by atoms with Gasteiger partial charge >= 0.3 is 5.97 Å². The van der Waals surface area contributed by atoms with Gasteiger partial charge in [-0.05, 0) is 24.6 Å². The molecule has 0 spiro atoms. The third-order valence-electron chi connectivity index (χ3n) is 2.55. The molecule has 0 amide bonds. The fourth-order valence-corrected chi connectivity index (χ4v) is 1.70. The fourth-order valence-electron chi connectivity index (χ4n) is 1.70. The quantitative estimate of drug-likeness (QED) is 0.849. The van der Waals surface area contributed by atoms with Crippen LogP contribution in [0.4, 0.5) is 5.88 Å². The number of carbonyl (C=O) groups excluding carboxylic acids is 1. The zero-order valence-electron chi connectivity index (χ0n) is 10.7. The first-order valence-electron chi connectivity index (χ1n) is 5.74. The summed E-state index contributed by atoms with van der Waals surface area (Å²) in [5, 5.41) is 3.62. The Morgan fingerprint density at radius 2 is 2.05 bits per heavy atom. The van der Waals surface area contributed by atoms with Crippen LogP contribution in [0, 0.1) is 0 Å². The number of esters is 1. The van der Waals surface area contributed by atoms with Gasteiger partial charge in [0.25, 0.3) is 0 Å². The maximum absolute atomic E-state index is 11.6. The van der Waals surface area contributed by atoms with Crippen LogP contribution in [0.2, 0.25) is 0 Å². The van der Waals surface area contributed by atoms with Crippen molar-refractivity contribution in [3.63, 3.8) is 0 Å². The second-order valence-electron chi connectivity index (χ2n) is 3.72. The number of carbonyl (C=O) groups is 1. The summed E-state index contributed by atoms with van der Waals surface area (Å²) in [5.74, 6) is 0.217. The summed E-state index contributed by atoms with van der Waals surface area (Å²) in [7, 11) is 1.27. The molecular formula is C13H14N2O4. The van der Waals surface area contributed by atoms with Gasteiger partial charge in [0.05, 0.1) is 19.3 Å². The number of rotatable bonds is 4. The summed E-state index contributed by atoms with van der Waals surface area (Å²) in [6, 6.07) is 7.12. The summed E-state index contributed by atoms with van der Waals surface area (Å²) >= 11 is 0. The predicted molar refractivity (Wildman–Crippen MR) is 68.9 cm³/mol. The summed E-state index contributed by atoms with van der Waals surface area (Å²) in [6.07, 6.45) is 0. The molecule has 1 aromatic carbocycles. The van der Waals surface area contributed by atoms with Gasteiger partial charge in [0.2, 0.25) is 11.6 Å². The van der Waals surface area contributed by atoms with Crippen LogP contribution in [0.1, 0.15) is 17.4 Å². The van der Waals surface area contributed by atoms with Crippen molar-refractivity contribution >= 4 is 11.9 Å². The highest BCUT2D eigenvalue weighted by Crippen LogP contribution is 2.31. The van der Waals surface area contributed by atoms with Crippen molar-refractivity contribution in [1.82, 2.24) is 5.16 Å². The molecule has 1 heterocycles. The van der Waals surface area contributed by atoms with Gasteiger partial charge in [-0.2, -0.15) is 0 Å². The first-order chi connectivity index (χ1) is 9.17. The van der Waals surface area contributed by atoms with Crippen LogP contribution >= 0.6 is 0 Å². The van der Waals surface area contributed by atoms with Crippen LogP contribution in [0.3, 0.4) is 0 Å². The second-order valence-corrected chi connectivity index (χ2v) is 3.72. The van der Waals surface area contributed by atoms with E-state index in [0.717, 1.165) is 5.75 Å². The van der Waals surface area contributed by atoms with E-state index in [1.54, 1.807) is 24.3 Å². The Bertz CT molecular complexity index is 575. The monoisotopic (exact) mass is 262 g/mol. The number of anilines is 1. The first-order valence-corrected chi connectivity index (χ1v) is 5.74. The minimum Gasteiger partial charge on any atom is -0.494 e. The molecule has 0 atom stereocenters. The lowest BCUT2D eigenvalue weighted by atomic mass is 10.1. The highest BCUT2D eigenvalue weighted by Gasteiger charge is 2.22. The molecule has 0 saturated carbocycles. The molecular weight excluding hydrogens is 248 g/mol. The summed E-state index contributed by atoms with van der Waals surface area (Å²) in [4.78, 5) is 11.6. The van der Waals surface area contributed by atoms with Crippen LogP contribution in [0.5, 0.6) is 5.75 Å². The van der Waals surface area contributed by atoms with Crippen molar-refractivity contribution in [1.29, 1.82) is 0 Å². The van der Waals surface area contributed by atoms with E-state index in [9.17, 15) is 4.79 Å². The standard InChI is InChI=1S/C13H14N2O4/c1-3-18-9-6-4-8(5-7-9)10-11(13(16)17-2)15-19-12(10)14/h4-7H,3,14H2,1-2H3. The molecule has 0 saturated heterocycles. The number of ether oxygens (including phenoxy) is 2. The number of hydrogen-bond donors (Lipinski definition) is 1. The smallest absolute Gasteiger partial charge is 0.361 e. The number of nitrogens with two attached hydrogens (primary N) is 1. The third kappa shape index (κ3) is 2.52. The van der Waals surface area contributed by atoms with Gasteiger partial charge < -0.3 is 19.7 Å². The Morgan fingerprint density at radius 1 is 1.37 bits per heavy atom. The van der Waals surface area contributed by atoms with Gasteiger partial charge in [-0.1, -0.05) is 17.3 Å². The van der Waals surface area contributed by atoms with Crippen molar-refractivity contribution in [3.8, 4) is 16.9 Å². The van der Waals surface area contributed by atoms with Gasteiger partial charge in [0, 0.05) is 0 Å². The molecule has 0 radical (unpaired) electrons. The molecule has 0 unspecified atom stereocenters. The van der Waals surface area contributed by atoms with E-state index in [-0.39, 0.29) is 11.6 Å². The Hall–Kier alpha value is -2.50.